The van der Waals surface area contributed by atoms with Gasteiger partial charge in [0.05, 0.1) is 10.5 Å². The van der Waals surface area contributed by atoms with E-state index in [0.717, 1.165) is 54.4 Å². The average molecular weight is 349 g/mol. The second kappa shape index (κ2) is 6.51. The van der Waals surface area contributed by atoms with E-state index in [-0.39, 0.29) is 16.4 Å². The number of carbonyl (C=O) groups is 1. The maximum absolute atomic E-state index is 12.8. The van der Waals surface area contributed by atoms with Crippen LogP contribution in [0.4, 0.5) is 0 Å². The first-order valence-corrected chi connectivity index (χ1v) is 10.5. The largest absolute Gasteiger partial charge is 0.336 e. The monoisotopic (exact) mass is 349 g/mol. The van der Waals surface area contributed by atoms with E-state index in [4.69, 9.17) is 0 Å². The summed E-state index contributed by atoms with van der Waals surface area (Å²) in [4.78, 5) is 14.4. The van der Waals surface area contributed by atoms with Crippen LogP contribution in [0.3, 0.4) is 0 Å². The summed E-state index contributed by atoms with van der Waals surface area (Å²) in [6.07, 6.45) is 4.77. The Bertz CT molecular complexity index is 719. The van der Waals surface area contributed by atoms with Crippen molar-refractivity contribution in [2.75, 3.05) is 13.1 Å². The number of sulfone groups is 1. The summed E-state index contributed by atoms with van der Waals surface area (Å²) in [7, 11) is -3.09. The van der Waals surface area contributed by atoms with Gasteiger partial charge >= 0.3 is 0 Å². The first kappa shape index (κ1) is 17.5. The van der Waals surface area contributed by atoms with Crippen LogP contribution in [0.5, 0.6) is 0 Å². The van der Waals surface area contributed by atoms with Crippen LogP contribution in [0, 0.1) is 20.8 Å². The lowest BCUT2D eigenvalue weighted by molar-refractivity contribution is 0.0656. The standard InChI is InChI=1S/C19H27NO3S/c1-13-9-14(2)18(15(3)10-13)19(21)20-11-17(12-20)24(22,23)16-7-5-4-6-8-16/h9-10,16-17H,4-8,11-12H2,1-3H3. The van der Waals surface area contributed by atoms with E-state index in [2.05, 4.69) is 0 Å². The minimum absolute atomic E-state index is 0.0277. The van der Waals surface area contributed by atoms with Crippen molar-refractivity contribution >= 4 is 15.7 Å². The Morgan fingerprint density at radius 2 is 1.50 bits per heavy atom. The first-order chi connectivity index (χ1) is 11.3. The predicted molar refractivity (Wildman–Crippen MR) is 96.1 cm³/mol. The number of aryl methyl sites for hydroxylation is 3. The van der Waals surface area contributed by atoms with E-state index in [1.165, 1.54) is 0 Å². The summed E-state index contributed by atoms with van der Waals surface area (Å²) in [5.41, 5.74) is 3.81. The molecule has 0 unspecified atom stereocenters. The van der Waals surface area contributed by atoms with E-state index in [0.29, 0.717) is 13.1 Å². The van der Waals surface area contributed by atoms with Gasteiger partial charge in [-0.25, -0.2) is 8.42 Å². The van der Waals surface area contributed by atoms with Gasteiger partial charge in [-0.3, -0.25) is 4.79 Å². The van der Waals surface area contributed by atoms with Gasteiger partial charge in [0.15, 0.2) is 9.84 Å². The average Bonchev–Trinajstić information content (AvgIpc) is 2.45. The summed E-state index contributed by atoms with van der Waals surface area (Å²) in [6.45, 7) is 6.62. The van der Waals surface area contributed by atoms with E-state index in [1.54, 1.807) is 4.90 Å². The van der Waals surface area contributed by atoms with Crippen LogP contribution in [0.1, 0.15) is 59.2 Å². The molecule has 132 valence electrons. The maximum atomic E-state index is 12.8. The molecule has 0 atom stereocenters. The molecule has 1 aliphatic carbocycles. The van der Waals surface area contributed by atoms with Gasteiger partial charge in [0.25, 0.3) is 5.91 Å². The smallest absolute Gasteiger partial charge is 0.254 e. The molecule has 3 rings (SSSR count). The molecule has 0 aromatic heterocycles. The van der Waals surface area contributed by atoms with Gasteiger partial charge in [-0.05, 0) is 44.7 Å². The van der Waals surface area contributed by atoms with Crippen LogP contribution >= 0.6 is 0 Å². The Hall–Kier alpha value is -1.36. The van der Waals surface area contributed by atoms with Crippen molar-refractivity contribution in [3.05, 3.63) is 34.4 Å². The van der Waals surface area contributed by atoms with E-state index >= 15 is 0 Å². The number of amides is 1. The zero-order valence-electron chi connectivity index (χ0n) is 14.8. The second-order valence-corrected chi connectivity index (χ2v) is 9.97. The lowest BCUT2D eigenvalue weighted by atomic mass is 9.97. The molecular formula is C19H27NO3S. The van der Waals surface area contributed by atoms with Crippen LogP contribution in [0.15, 0.2) is 12.1 Å². The van der Waals surface area contributed by atoms with Crippen molar-refractivity contribution in [2.24, 2.45) is 0 Å². The van der Waals surface area contributed by atoms with Gasteiger partial charge in [0, 0.05) is 18.7 Å². The van der Waals surface area contributed by atoms with Gasteiger partial charge in [-0.2, -0.15) is 0 Å². The number of rotatable bonds is 3. The molecule has 1 aromatic rings. The lowest BCUT2D eigenvalue weighted by Gasteiger charge is -2.41. The van der Waals surface area contributed by atoms with Crippen molar-refractivity contribution < 1.29 is 13.2 Å². The molecule has 2 aliphatic rings. The number of hydrogen-bond donors (Lipinski definition) is 0. The molecule has 1 saturated heterocycles. The highest BCUT2D eigenvalue weighted by Crippen LogP contribution is 2.31. The van der Waals surface area contributed by atoms with Crippen LogP contribution in [-0.4, -0.2) is 42.8 Å². The van der Waals surface area contributed by atoms with Gasteiger partial charge < -0.3 is 4.90 Å². The van der Waals surface area contributed by atoms with Crippen molar-refractivity contribution in [1.82, 2.24) is 4.90 Å². The van der Waals surface area contributed by atoms with Crippen molar-refractivity contribution in [3.8, 4) is 0 Å². The molecule has 0 radical (unpaired) electrons. The van der Waals surface area contributed by atoms with Crippen LogP contribution in [0.2, 0.25) is 0 Å². The fraction of sp³-hybridized carbons (Fsp3) is 0.632. The molecule has 5 heteroatoms. The SMILES string of the molecule is Cc1cc(C)c(C(=O)N2CC(S(=O)(=O)C3CCCCC3)C2)c(C)c1. The number of carbonyl (C=O) groups excluding carboxylic acids is 1. The Morgan fingerprint density at radius 1 is 0.958 bits per heavy atom. The highest BCUT2D eigenvalue weighted by Gasteiger charge is 2.44. The Labute approximate surface area is 145 Å². The second-order valence-electron chi connectivity index (χ2n) is 7.45. The van der Waals surface area contributed by atoms with E-state index < -0.39 is 9.84 Å². The highest BCUT2D eigenvalue weighted by atomic mass is 32.2. The summed E-state index contributed by atoms with van der Waals surface area (Å²) in [5.74, 6) is -0.0277. The van der Waals surface area contributed by atoms with Crippen molar-refractivity contribution in [3.63, 3.8) is 0 Å². The molecule has 0 N–H and O–H groups in total. The number of nitrogens with zero attached hydrogens (tertiary/aromatic N) is 1. The summed E-state index contributed by atoms with van der Waals surface area (Å²) < 4.78 is 25.4. The first-order valence-electron chi connectivity index (χ1n) is 8.90. The molecule has 1 aromatic carbocycles. The minimum atomic E-state index is -3.09. The fourth-order valence-electron chi connectivity index (χ4n) is 4.15. The molecule has 1 amide bonds. The number of likely N-dealkylation sites (tertiary alicyclic amines) is 1. The third-order valence-electron chi connectivity index (χ3n) is 5.51. The van der Waals surface area contributed by atoms with E-state index in [1.807, 2.05) is 32.9 Å². The van der Waals surface area contributed by atoms with Crippen LogP contribution in [-0.2, 0) is 9.84 Å². The van der Waals surface area contributed by atoms with Gasteiger partial charge in [0.1, 0.15) is 0 Å². The van der Waals surface area contributed by atoms with Gasteiger partial charge in [0.2, 0.25) is 0 Å². The molecule has 1 heterocycles. The number of hydrogen-bond acceptors (Lipinski definition) is 3. The topological polar surface area (TPSA) is 54.5 Å². The Balaban J connectivity index is 1.69. The lowest BCUT2D eigenvalue weighted by Crippen LogP contribution is -2.59. The van der Waals surface area contributed by atoms with E-state index in [9.17, 15) is 13.2 Å². The van der Waals surface area contributed by atoms with Crippen LogP contribution in [0.25, 0.3) is 0 Å². The molecule has 4 nitrogen and oxygen atoms in total. The zero-order chi connectivity index (χ0) is 17.5. The third-order valence-corrected chi connectivity index (χ3v) is 8.14. The quantitative estimate of drug-likeness (QED) is 0.842. The molecule has 1 aliphatic heterocycles. The number of benzene rings is 1. The predicted octanol–water partition coefficient (Wildman–Crippen LogP) is 3.18. The molecule has 1 saturated carbocycles. The highest BCUT2D eigenvalue weighted by molar-refractivity contribution is 7.92. The van der Waals surface area contributed by atoms with Crippen molar-refractivity contribution in [1.29, 1.82) is 0 Å². The van der Waals surface area contributed by atoms with Gasteiger partial charge in [-0.15, -0.1) is 0 Å². The molecule has 0 bridgehead atoms. The Kier molecular flexibility index (Phi) is 4.73. The Morgan fingerprint density at radius 3 is 2.04 bits per heavy atom. The maximum Gasteiger partial charge on any atom is 0.254 e. The molecule has 2 fully saturated rings. The summed E-state index contributed by atoms with van der Waals surface area (Å²) >= 11 is 0. The molecule has 24 heavy (non-hydrogen) atoms. The minimum Gasteiger partial charge on any atom is -0.336 e. The van der Waals surface area contributed by atoms with Crippen molar-refractivity contribution in [2.45, 2.75) is 63.4 Å². The normalized spacial score (nSPS) is 20.0. The summed E-state index contributed by atoms with van der Waals surface area (Å²) in [5, 5.41) is -0.549. The van der Waals surface area contributed by atoms with Crippen LogP contribution < -0.4 is 0 Å². The summed E-state index contributed by atoms with van der Waals surface area (Å²) in [6, 6.07) is 4.02. The molecular weight excluding hydrogens is 322 g/mol. The van der Waals surface area contributed by atoms with Gasteiger partial charge in [-0.1, -0.05) is 37.0 Å². The fourth-order valence-corrected chi connectivity index (χ4v) is 6.46. The zero-order valence-corrected chi connectivity index (χ0v) is 15.7. The third kappa shape index (κ3) is 3.10. The molecule has 0 spiro atoms.